The molecule has 1 N–H and O–H groups in total. The van der Waals surface area contributed by atoms with E-state index < -0.39 is 0 Å². The van der Waals surface area contributed by atoms with E-state index in [2.05, 4.69) is 12.2 Å². The summed E-state index contributed by atoms with van der Waals surface area (Å²) in [4.78, 5) is 28.6. The first-order chi connectivity index (χ1) is 11.1. The highest BCUT2D eigenvalue weighted by Gasteiger charge is 2.31. The van der Waals surface area contributed by atoms with Crippen molar-refractivity contribution in [1.82, 2.24) is 15.1 Å². The summed E-state index contributed by atoms with van der Waals surface area (Å²) in [5.74, 6) is 1.15. The summed E-state index contributed by atoms with van der Waals surface area (Å²) in [6.45, 7) is 7.08. The van der Waals surface area contributed by atoms with Gasteiger partial charge in [-0.15, -0.1) is 0 Å². The Morgan fingerprint density at radius 3 is 2.52 bits per heavy atom. The third-order valence-corrected chi connectivity index (χ3v) is 4.92. The topological polar surface area (TPSA) is 61.9 Å². The summed E-state index contributed by atoms with van der Waals surface area (Å²) >= 11 is 0. The largest absolute Gasteiger partial charge is 0.383 e. The standard InChI is InChI=1S/C17H31N3O3/c1-14-4-3-8-20(13-14)17(22)15-5-9-19(10-6-15)16(21)12-18-7-11-23-2/h14-15,18H,3-13H2,1-2H3. The number of likely N-dealkylation sites (tertiary alicyclic amines) is 2. The molecule has 2 saturated heterocycles. The fourth-order valence-electron chi connectivity index (χ4n) is 3.50. The summed E-state index contributed by atoms with van der Waals surface area (Å²) in [7, 11) is 1.65. The molecule has 1 atom stereocenters. The van der Waals surface area contributed by atoms with Crippen molar-refractivity contribution < 1.29 is 14.3 Å². The fourth-order valence-corrected chi connectivity index (χ4v) is 3.50. The van der Waals surface area contributed by atoms with Crippen LogP contribution in [-0.2, 0) is 14.3 Å². The summed E-state index contributed by atoms with van der Waals surface area (Å²) in [5.41, 5.74) is 0. The maximum Gasteiger partial charge on any atom is 0.236 e. The number of nitrogens with one attached hydrogen (secondary N) is 1. The number of amides is 2. The molecule has 0 aliphatic carbocycles. The normalized spacial score (nSPS) is 23.1. The molecule has 0 aromatic carbocycles. The lowest BCUT2D eigenvalue weighted by Crippen LogP contribution is -2.48. The molecular formula is C17H31N3O3. The molecule has 6 heteroatoms. The number of hydrogen-bond acceptors (Lipinski definition) is 4. The summed E-state index contributed by atoms with van der Waals surface area (Å²) in [6, 6.07) is 0. The quantitative estimate of drug-likeness (QED) is 0.731. The van der Waals surface area contributed by atoms with Crippen molar-refractivity contribution >= 4 is 11.8 Å². The van der Waals surface area contributed by atoms with Gasteiger partial charge in [-0.2, -0.15) is 0 Å². The van der Waals surface area contributed by atoms with Crippen LogP contribution in [0.1, 0.15) is 32.6 Å². The zero-order valence-electron chi connectivity index (χ0n) is 14.6. The maximum absolute atomic E-state index is 12.6. The van der Waals surface area contributed by atoms with E-state index in [0.29, 0.717) is 44.6 Å². The van der Waals surface area contributed by atoms with Crippen molar-refractivity contribution in [3.63, 3.8) is 0 Å². The molecule has 0 aromatic rings. The van der Waals surface area contributed by atoms with E-state index in [-0.39, 0.29) is 11.8 Å². The number of ether oxygens (including phenoxy) is 1. The van der Waals surface area contributed by atoms with Gasteiger partial charge in [-0.25, -0.2) is 0 Å². The van der Waals surface area contributed by atoms with E-state index in [1.807, 2.05) is 9.80 Å². The van der Waals surface area contributed by atoms with E-state index in [0.717, 1.165) is 32.4 Å². The molecule has 2 aliphatic rings. The molecule has 0 radical (unpaired) electrons. The Labute approximate surface area is 139 Å². The molecule has 23 heavy (non-hydrogen) atoms. The van der Waals surface area contributed by atoms with Crippen LogP contribution in [0.15, 0.2) is 0 Å². The molecule has 0 spiro atoms. The van der Waals surface area contributed by atoms with Gasteiger partial charge in [0.15, 0.2) is 0 Å². The van der Waals surface area contributed by atoms with E-state index >= 15 is 0 Å². The molecule has 1 unspecified atom stereocenters. The minimum absolute atomic E-state index is 0.103. The predicted molar refractivity (Wildman–Crippen MR) is 89.0 cm³/mol. The lowest BCUT2D eigenvalue weighted by molar-refractivity contribution is -0.141. The monoisotopic (exact) mass is 325 g/mol. The highest BCUT2D eigenvalue weighted by atomic mass is 16.5. The number of piperidine rings is 2. The van der Waals surface area contributed by atoms with Gasteiger partial charge < -0.3 is 19.9 Å². The molecular weight excluding hydrogens is 294 g/mol. The Hall–Kier alpha value is -1.14. The number of rotatable bonds is 6. The van der Waals surface area contributed by atoms with E-state index in [9.17, 15) is 9.59 Å². The molecule has 6 nitrogen and oxygen atoms in total. The third kappa shape index (κ3) is 5.46. The van der Waals surface area contributed by atoms with E-state index in [1.54, 1.807) is 7.11 Å². The number of methoxy groups -OCH3 is 1. The van der Waals surface area contributed by atoms with Gasteiger partial charge in [0.25, 0.3) is 0 Å². The SMILES string of the molecule is COCCNCC(=O)N1CCC(C(=O)N2CCCC(C)C2)CC1. The first-order valence-corrected chi connectivity index (χ1v) is 8.88. The molecule has 0 aromatic heterocycles. The summed E-state index contributed by atoms with van der Waals surface area (Å²) in [6.07, 6.45) is 3.95. The molecule has 2 rings (SSSR count). The number of carbonyl (C=O) groups is 2. The van der Waals surface area contributed by atoms with Gasteiger partial charge in [-0.3, -0.25) is 9.59 Å². The fraction of sp³-hybridized carbons (Fsp3) is 0.882. The highest BCUT2D eigenvalue weighted by Crippen LogP contribution is 2.23. The van der Waals surface area contributed by atoms with Crippen LogP contribution in [0.25, 0.3) is 0 Å². The van der Waals surface area contributed by atoms with Crippen molar-refractivity contribution in [3.8, 4) is 0 Å². The number of nitrogens with zero attached hydrogens (tertiary/aromatic N) is 2. The van der Waals surface area contributed by atoms with Crippen molar-refractivity contribution in [3.05, 3.63) is 0 Å². The first kappa shape index (κ1) is 18.2. The van der Waals surface area contributed by atoms with Gasteiger partial charge in [-0.05, 0) is 31.6 Å². The lowest BCUT2D eigenvalue weighted by atomic mass is 9.92. The van der Waals surface area contributed by atoms with Crippen LogP contribution in [0.3, 0.4) is 0 Å². The van der Waals surface area contributed by atoms with Crippen LogP contribution in [0.4, 0.5) is 0 Å². The van der Waals surface area contributed by atoms with Crippen LogP contribution in [0.5, 0.6) is 0 Å². The second-order valence-corrected chi connectivity index (χ2v) is 6.86. The Bertz CT molecular complexity index is 395. The lowest BCUT2D eigenvalue weighted by Gasteiger charge is -2.37. The Morgan fingerprint density at radius 1 is 1.13 bits per heavy atom. The average molecular weight is 325 g/mol. The van der Waals surface area contributed by atoms with Crippen molar-refractivity contribution in [2.24, 2.45) is 11.8 Å². The maximum atomic E-state index is 12.6. The van der Waals surface area contributed by atoms with Gasteiger partial charge in [0.05, 0.1) is 13.2 Å². The molecule has 132 valence electrons. The summed E-state index contributed by atoms with van der Waals surface area (Å²) < 4.78 is 4.95. The predicted octanol–water partition coefficient (Wildman–Crippen LogP) is 0.720. The van der Waals surface area contributed by atoms with E-state index in [4.69, 9.17) is 4.74 Å². The first-order valence-electron chi connectivity index (χ1n) is 8.88. The summed E-state index contributed by atoms with van der Waals surface area (Å²) in [5, 5.41) is 3.08. The van der Waals surface area contributed by atoms with Crippen molar-refractivity contribution in [2.45, 2.75) is 32.6 Å². The zero-order valence-corrected chi connectivity index (χ0v) is 14.6. The second kappa shape index (κ2) is 9.23. The van der Waals surface area contributed by atoms with Gasteiger partial charge in [-0.1, -0.05) is 6.92 Å². The van der Waals surface area contributed by atoms with Crippen LogP contribution >= 0.6 is 0 Å². The number of carbonyl (C=O) groups excluding carboxylic acids is 2. The van der Waals surface area contributed by atoms with Gasteiger partial charge >= 0.3 is 0 Å². The molecule has 2 fully saturated rings. The molecule has 0 bridgehead atoms. The van der Waals surface area contributed by atoms with Crippen molar-refractivity contribution in [2.75, 3.05) is 53.0 Å². The molecule has 2 amide bonds. The Balaban J connectivity index is 1.70. The van der Waals surface area contributed by atoms with Crippen LogP contribution in [0, 0.1) is 11.8 Å². The third-order valence-electron chi connectivity index (χ3n) is 4.92. The number of hydrogen-bond donors (Lipinski definition) is 1. The Morgan fingerprint density at radius 2 is 1.87 bits per heavy atom. The van der Waals surface area contributed by atoms with Gasteiger partial charge in [0, 0.05) is 45.8 Å². The second-order valence-electron chi connectivity index (χ2n) is 6.86. The minimum atomic E-state index is 0.103. The Kier molecular flexibility index (Phi) is 7.30. The zero-order chi connectivity index (χ0) is 16.7. The van der Waals surface area contributed by atoms with Crippen LogP contribution in [0.2, 0.25) is 0 Å². The highest BCUT2D eigenvalue weighted by molar-refractivity contribution is 5.81. The minimum Gasteiger partial charge on any atom is -0.383 e. The molecule has 2 heterocycles. The van der Waals surface area contributed by atoms with Gasteiger partial charge in [0.2, 0.25) is 11.8 Å². The van der Waals surface area contributed by atoms with E-state index in [1.165, 1.54) is 6.42 Å². The van der Waals surface area contributed by atoms with Crippen molar-refractivity contribution in [1.29, 1.82) is 0 Å². The van der Waals surface area contributed by atoms with Crippen LogP contribution in [-0.4, -0.2) is 74.6 Å². The molecule has 2 aliphatic heterocycles. The van der Waals surface area contributed by atoms with Gasteiger partial charge in [0.1, 0.15) is 0 Å². The smallest absolute Gasteiger partial charge is 0.236 e. The average Bonchev–Trinajstić information content (AvgIpc) is 2.58. The van der Waals surface area contributed by atoms with Crippen LogP contribution < -0.4 is 5.32 Å². The molecule has 0 saturated carbocycles.